The van der Waals surface area contributed by atoms with E-state index >= 15 is 0 Å². The van der Waals surface area contributed by atoms with E-state index in [4.69, 9.17) is 11.6 Å². The Balaban J connectivity index is 2.84. The Morgan fingerprint density at radius 3 is 2.60 bits per heavy atom. The van der Waals surface area contributed by atoms with Gasteiger partial charge in [-0.2, -0.15) is 15.0 Å². The van der Waals surface area contributed by atoms with Gasteiger partial charge in [0.2, 0.25) is 17.2 Å². The lowest BCUT2D eigenvalue weighted by Gasteiger charge is -2.11. The van der Waals surface area contributed by atoms with Gasteiger partial charge in [-0.25, -0.2) is 0 Å². The van der Waals surface area contributed by atoms with Crippen LogP contribution in [0, 0.1) is 0 Å². The molecule has 0 aliphatic carbocycles. The Morgan fingerprint density at radius 1 is 1.40 bits per heavy atom. The average molecular weight is 228 g/mol. The van der Waals surface area contributed by atoms with Gasteiger partial charge in [-0.05, 0) is 18.5 Å². The third-order valence-electron chi connectivity index (χ3n) is 1.54. The predicted octanol–water partition coefficient (Wildman–Crippen LogP) is 1.58. The van der Waals surface area contributed by atoms with E-state index in [2.05, 4.69) is 26.8 Å². The van der Waals surface area contributed by atoms with E-state index in [1.54, 1.807) is 4.90 Å². The summed E-state index contributed by atoms with van der Waals surface area (Å²) in [4.78, 5) is 13.9. The number of aromatic nitrogens is 3. The lowest BCUT2D eigenvalue weighted by atomic mass is 10.3. The van der Waals surface area contributed by atoms with Gasteiger partial charge in [0.15, 0.2) is 0 Å². The maximum atomic E-state index is 5.76. The minimum Gasteiger partial charge on any atom is -0.350 e. The van der Waals surface area contributed by atoms with Crippen molar-refractivity contribution in [1.82, 2.24) is 15.0 Å². The van der Waals surface area contributed by atoms with Crippen molar-refractivity contribution < 1.29 is 0 Å². The van der Waals surface area contributed by atoms with E-state index in [0.717, 1.165) is 5.57 Å². The number of hydrogen-bond acceptors (Lipinski definition) is 5. The Bertz CT molecular complexity index is 364. The Morgan fingerprint density at radius 2 is 2.07 bits per heavy atom. The zero-order chi connectivity index (χ0) is 11.4. The van der Waals surface area contributed by atoms with Crippen molar-refractivity contribution in [3.8, 4) is 0 Å². The first-order valence-corrected chi connectivity index (χ1v) is 4.84. The van der Waals surface area contributed by atoms with Crippen LogP contribution >= 0.6 is 11.6 Å². The van der Waals surface area contributed by atoms with Crippen LogP contribution in [0.1, 0.15) is 6.92 Å². The highest BCUT2D eigenvalue weighted by Crippen LogP contribution is 2.11. The van der Waals surface area contributed by atoms with Crippen LogP contribution in [0.4, 0.5) is 11.9 Å². The second-order valence-electron chi connectivity index (χ2n) is 3.43. The molecule has 0 aliphatic heterocycles. The molecule has 1 N–H and O–H groups in total. The van der Waals surface area contributed by atoms with Crippen molar-refractivity contribution >= 4 is 23.5 Å². The first kappa shape index (κ1) is 11.7. The fraction of sp³-hybridized carbons (Fsp3) is 0.444. The second-order valence-corrected chi connectivity index (χ2v) is 3.77. The van der Waals surface area contributed by atoms with Crippen LogP contribution in [0.5, 0.6) is 0 Å². The van der Waals surface area contributed by atoms with Crippen molar-refractivity contribution in [3.05, 3.63) is 17.4 Å². The number of halogens is 1. The summed E-state index contributed by atoms with van der Waals surface area (Å²) in [6.07, 6.45) is 0. The molecule has 82 valence electrons. The number of hydrogen-bond donors (Lipinski definition) is 1. The summed E-state index contributed by atoms with van der Waals surface area (Å²) in [6.45, 7) is 6.31. The standard InChI is InChI=1S/C9H14ClN5/c1-6(2)5-11-8-12-7(10)13-9(14-8)15(3)4/h1,5H2,2-4H3,(H,11,12,13,14). The second kappa shape index (κ2) is 4.93. The lowest BCUT2D eigenvalue weighted by molar-refractivity contribution is 0.950. The lowest BCUT2D eigenvalue weighted by Crippen LogP contribution is -2.15. The SMILES string of the molecule is C=C(C)CNc1nc(Cl)nc(N(C)C)n1. The Labute approximate surface area is 94.2 Å². The zero-order valence-corrected chi connectivity index (χ0v) is 9.84. The zero-order valence-electron chi connectivity index (χ0n) is 9.08. The van der Waals surface area contributed by atoms with E-state index < -0.39 is 0 Å². The quantitative estimate of drug-likeness (QED) is 0.792. The molecule has 1 aromatic heterocycles. The minimum atomic E-state index is 0.179. The number of anilines is 2. The highest BCUT2D eigenvalue weighted by atomic mass is 35.5. The smallest absolute Gasteiger partial charge is 0.230 e. The fourth-order valence-electron chi connectivity index (χ4n) is 0.849. The van der Waals surface area contributed by atoms with Gasteiger partial charge in [0.05, 0.1) is 0 Å². The van der Waals surface area contributed by atoms with Crippen LogP contribution in [0.3, 0.4) is 0 Å². The van der Waals surface area contributed by atoms with Crippen LogP contribution in [-0.4, -0.2) is 35.6 Å². The van der Waals surface area contributed by atoms with Crippen LogP contribution in [0.2, 0.25) is 5.28 Å². The first-order valence-electron chi connectivity index (χ1n) is 4.46. The maximum Gasteiger partial charge on any atom is 0.230 e. The number of rotatable bonds is 4. The average Bonchev–Trinajstić information content (AvgIpc) is 2.13. The van der Waals surface area contributed by atoms with Gasteiger partial charge in [-0.15, -0.1) is 0 Å². The molecule has 5 nitrogen and oxygen atoms in total. The highest BCUT2D eigenvalue weighted by Gasteiger charge is 2.05. The molecule has 0 saturated heterocycles. The highest BCUT2D eigenvalue weighted by molar-refractivity contribution is 6.28. The molecule has 0 amide bonds. The normalized spacial score (nSPS) is 9.87. The number of nitrogens with one attached hydrogen (secondary N) is 1. The van der Waals surface area contributed by atoms with Crippen molar-refractivity contribution in [1.29, 1.82) is 0 Å². The molecule has 0 spiro atoms. The molecule has 0 bridgehead atoms. The first-order chi connectivity index (χ1) is 6.99. The molecule has 0 fully saturated rings. The Hall–Kier alpha value is -1.36. The monoisotopic (exact) mass is 227 g/mol. The summed E-state index contributed by atoms with van der Waals surface area (Å²) in [7, 11) is 3.68. The van der Waals surface area contributed by atoms with Gasteiger partial charge in [0.1, 0.15) is 0 Å². The molecule has 0 atom stereocenters. The van der Waals surface area contributed by atoms with Crippen molar-refractivity contribution in [2.45, 2.75) is 6.92 Å². The van der Waals surface area contributed by atoms with Crippen molar-refractivity contribution in [3.63, 3.8) is 0 Å². The molecule has 15 heavy (non-hydrogen) atoms. The molecular formula is C9H14ClN5. The fourth-order valence-corrected chi connectivity index (χ4v) is 1.00. The van der Waals surface area contributed by atoms with Gasteiger partial charge in [-0.1, -0.05) is 12.2 Å². The molecule has 0 aromatic carbocycles. The molecule has 6 heteroatoms. The van der Waals surface area contributed by atoms with E-state index in [1.807, 2.05) is 21.0 Å². The molecule has 0 radical (unpaired) electrons. The molecule has 1 rings (SSSR count). The summed E-state index contributed by atoms with van der Waals surface area (Å²) in [6, 6.07) is 0. The summed E-state index contributed by atoms with van der Waals surface area (Å²) < 4.78 is 0. The van der Waals surface area contributed by atoms with Gasteiger partial charge >= 0.3 is 0 Å². The molecule has 0 saturated carbocycles. The predicted molar refractivity (Wildman–Crippen MR) is 62.5 cm³/mol. The van der Waals surface area contributed by atoms with Gasteiger partial charge in [0, 0.05) is 20.6 Å². The Kier molecular flexibility index (Phi) is 3.85. The van der Waals surface area contributed by atoms with Crippen LogP contribution < -0.4 is 10.2 Å². The molecule has 1 heterocycles. The minimum absolute atomic E-state index is 0.179. The van der Waals surface area contributed by atoms with Crippen LogP contribution in [0.15, 0.2) is 12.2 Å². The molecule has 0 aliphatic rings. The van der Waals surface area contributed by atoms with Gasteiger partial charge < -0.3 is 10.2 Å². The third-order valence-corrected chi connectivity index (χ3v) is 1.71. The largest absolute Gasteiger partial charge is 0.350 e. The van der Waals surface area contributed by atoms with Crippen LogP contribution in [-0.2, 0) is 0 Å². The topological polar surface area (TPSA) is 53.9 Å². The molecule has 1 aromatic rings. The molecule has 0 unspecified atom stereocenters. The van der Waals surface area contributed by atoms with Gasteiger partial charge in [0.25, 0.3) is 0 Å². The molecular weight excluding hydrogens is 214 g/mol. The third kappa shape index (κ3) is 3.71. The number of nitrogens with zero attached hydrogens (tertiary/aromatic N) is 4. The van der Waals surface area contributed by atoms with Crippen molar-refractivity contribution in [2.24, 2.45) is 0 Å². The van der Waals surface area contributed by atoms with Crippen LogP contribution in [0.25, 0.3) is 0 Å². The van der Waals surface area contributed by atoms with E-state index in [1.165, 1.54) is 0 Å². The summed E-state index contributed by atoms with van der Waals surface area (Å²) in [5, 5.41) is 3.19. The van der Waals surface area contributed by atoms with Crippen molar-refractivity contribution in [2.75, 3.05) is 30.9 Å². The van der Waals surface area contributed by atoms with E-state index in [-0.39, 0.29) is 5.28 Å². The van der Waals surface area contributed by atoms with E-state index in [9.17, 15) is 0 Å². The maximum absolute atomic E-state index is 5.76. The summed E-state index contributed by atoms with van der Waals surface area (Å²) >= 11 is 5.76. The van der Waals surface area contributed by atoms with Gasteiger partial charge in [-0.3, -0.25) is 0 Å². The van der Waals surface area contributed by atoms with E-state index in [0.29, 0.717) is 18.4 Å². The summed E-state index contributed by atoms with van der Waals surface area (Å²) in [5.41, 5.74) is 0.998. The summed E-state index contributed by atoms with van der Waals surface area (Å²) in [5.74, 6) is 0.987.